The second-order valence-corrected chi connectivity index (χ2v) is 8.44. The third-order valence-electron chi connectivity index (χ3n) is 6.78. The summed E-state index contributed by atoms with van der Waals surface area (Å²) in [5, 5.41) is 12.9. The van der Waals surface area contributed by atoms with Gasteiger partial charge in [-0.25, -0.2) is 0 Å². The Morgan fingerprint density at radius 2 is 1.88 bits per heavy atom. The molecule has 2 aliphatic rings. The summed E-state index contributed by atoms with van der Waals surface area (Å²) in [5.74, 6) is 0.0163. The van der Waals surface area contributed by atoms with E-state index in [9.17, 15) is 19.1 Å². The fourth-order valence-electron chi connectivity index (χ4n) is 4.82. The zero-order valence-electron chi connectivity index (χ0n) is 18.8. The van der Waals surface area contributed by atoms with E-state index in [-0.39, 0.29) is 18.7 Å². The highest BCUT2D eigenvalue weighted by Crippen LogP contribution is 2.51. The van der Waals surface area contributed by atoms with Crippen LogP contribution in [0.25, 0.3) is 11.1 Å². The molecule has 1 aliphatic carbocycles. The van der Waals surface area contributed by atoms with E-state index >= 15 is 0 Å². The lowest BCUT2D eigenvalue weighted by Crippen LogP contribution is -2.50. The van der Waals surface area contributed by atoms with Crippen LogP contribution in [0.15, 0.2) is 30.3 Å². The summed E-state index contributed by atoms with van der Waals surface area (Å²) < 4.78 is 30.7. The summed E-state index contributed by atoms with van der Waals surface area (Å²) in [5.41, 5.74) is 1.78. The molecule has 1 fully saturated rings. The molecule has 0 spiro atoms. The second kappa shape index (κ2) is 9.29. The number of carboxylic acid groups (broad SMARTS) is 1. The highest BCUT2D eigenvalue weighted by Gasteiger charge is 2.52. The van der Waals surface area contributed by atoms with Crippen molar-refractivity contribution >= 4 is 11.9 Å². The van der Waals surface area contributed by atoms with Crippen molar-refractivity contribution in [2.75, 3.05) is 20.9 Å². The van der Waals surface area contributed by atoms with Crippen LogP contribution in [-0.2, 0) is 11.3 Å². The van der Waals surface area contributed by atoms with Gasteiger partial charge in [0.05, 0.1) is 20.9 Å². The highest BCUT2D eigenvalue weighted by atomic mass is 19.1. The fourth-order valence-corrected chi connectivity index (χ4v) is 4.82. The van der Waals surface area contributed by atoms with Crippen molar-refractivity contribution in [3.8, 4) is 28.4 Å². The van der Waals surface area contributed by atoms with Gasteiger partial charge in [-0.15, -0.1) is 0 Å². The molecule has 7 nitrogen and oxygen atoms in total. The Morgan fingerprint density at radius 1 is 1.12 bits per heavy atom. The number of aliphatic carboxylic acids is 1. The van der Waals surface area contributed by atoms with Crippen LogP contribution in [0.5, 0.6) is 17.2 Å². The number of carbonyl (C=O) groups is 2. The highest BCUT2D eigenvalue weighted by molar-refractivity contribution is 6.01. The van der Waals surface area contributed by atoms with Gasteiger partial charge in [0.15, 0.2) is 11.5 Å². The first-order chi connectivity index (χ1) is 16.0. The molecule has 8 heteroatoms. The second-order valence-electron chi connectivity index (χ2n) is 8.44. The molecule has 2 aromatic carbocycles. The molecule has 1 amide bonds. The number of methoxy groups -OCH3 is 2. The van der Waals surface area contributed by atoms with Crippen molar-refractivity contribution in [1.29, 1.82) is 0 Å². The van der Waals surface area contributed by atoms with Crippen molar-refractivity contribution in [3.05, 3.63) is 41.5 Å². The summed E-state index contributed by atoms with van der Waals surface area (Å²) in [4.78, 5) is 24.5. The van der Waals surface area contributed by atoms with E-state index < -0.39 is 24.2 Å². The van der Waals surface area contributed by atoms with E-state index in [1.165, 1.54) is 14.2 Å². The Kier molecular flexibility index (Phi) is 6.44. The monoisotopic (exact) mass is 457 g/mol. The Labute approximate surface area is 191 Å². The molecule has 2 N–H and O–H groups in total. The van der Waals surface area contributed by atoms with Crippen LogP contribution >= 0.6 is 0 Å². The van der Waals surface area contributed by atoms with Gasteiger partial charge in [0.25, 0.3) is 5.91 Å². The Bertz CT molecular complexity index is 1070. The maximum Gasteiger partial charge on any atom is 0.313 e. The van der Waals surface area contributed by atoms with Crippen molar-refractivity contribution in [2.45, 2.75) is 44.8 Å². The molecular formula is C25H28FNO6. The van der Waals surface area contributed by atoms with Gasteiger partial charge in [0, 0.05) is 17.7 Å². The summed E-state index contributed by atoms with van der Waals surface area (Å²) in [6, 6.07) is 9.01. The summed E-state index contributed by atoms with van der Waals surface area (Å²) >= 11 is 0. The molecule has 0 saturated heterocycles. The maximum atomic E-state index is 13.1. The molecule has 0 bridgehead atoms. The van der Waals surface area contributed by atoms with Crippen molar-refractivity contribution in [1.82, 2.24) is 5.32 Å². The summed E-state index contributed by atoms with van der Waals surface area (Å²) in [6.07, 6.45) is 1.44. The SMILES string of the molecule is COc1ccc(-c2cccc3c2CNC3=O)c(OC(CCCF)C2(C(=O)O)CCC2)c1OC. The van der Waals surface area contributed by atoms with Crippen LogP contribution in [-0.4, -0.2) is 44.0 Å². The minimum absolute atomic E-state index is 0.144. The molecule has 0 aromatic heterocycles. The lowest BCUT2D eigenvalue weighted by Gasteiger charge is -2.44. The largest absolute Gasteiger partial charge is 0.493 e. The summed E-state index contributed by atoms with van der Waals surface area (Å²) in [7, 11) is 3.00. The zero-order chi connectivity index (χ0) is 23.6. The van der Waals surface area contributed by atoms with E-state index in [0.717, 1.165) is 17.5 Å². The van der Waals surface area contributed by atoms with Gasteiger partial charge in [-0.3, -0.25) is 14.0 Å². The van der Waals surface area contributed by atoms with Crippen LogP contribution < -0.4 is 19.5 Å². The van der Waals surface area contributed by atoms with Crippen LogP contribution in [0, 0.1) is 5.41 Å². The van der Waals surface area contributed by atoms with E-state index in [0.29, 0.717) is 47.8 Å². The van der Waals surface area contributed by atoms with Crippen molar-refractivity contribution < 1.29 is 33.3 Å². The number of rotatable bonds is 10. The molecule has 2 aromatic rings. The minimum atomic E-state index is -1.07. The molecule has 1 aliphatic heterocycles. The van der Waals surface area contributed by atoms with E-state index in [1.807, 2.05) is 12.1 Å². The van der Waals surface area contributed by atoms with Crippen LogP contribution in [0.2, 0.25) is 0 Å². The molecule has 176 valence electrons. The molecule has 1 atom stereocenters. The third kappa shape index (κ3) is 3.87. The Morgan fingerprint density at radius 3 is 2.48 bits per heavy atom. The molecule has 4 rings (SSSR count). The van der Waals surface area contributed by atoms with Crippen LogP contribution in [0.3, 0.4) is 0 Å². The van der Waals surface area contributed by atoms with E-state index in [1.54, 1.807) is 18.2 Å². The number of hydrogen-bond donors (Lipinski definition) is 2. The van der Waals surface area contributed by atoms with Gasteiger partial charge in [-0.05, 0) is 55.0 Å². The number of alkyl halides is 1. The Hall–Kier alpha value is -3.29. The summed E-state index contributed by atoms with van der Waals surface area (Å²) in [6.45, 7) is -0.180. The van der Waals surface area contributed by atoms with Crippen molar-refractivity contribution in [3.63, 3.8) is 0 Å². The predicted molar refractivity (Wildman–Crippen MR) is 120 cm³/mol. The normalized spacial score (nSPS) is 16.9. The lowest BCUT2D eigenvalue weighted by molar-refractivity contribution is -0.164. The van der Waals surface area contributed by atoms with Gasteiger partial charge in [-0.2, -0.15) is 0 Å². The maximum absolute atomic E-state index is 13.1. The molecule has 33 heavy (non-hydrogen) atoms. The first-order valence-electron chi connectivity index (χ1n) is 11.1. The predicted octanol–water partition coefficient (Wildman–Crippen LogP) is 4.37. The smallest absolute Gasteiger partial charge is 0.313 e. The molecule has 0 radical (unpaired) electrons. The number of hydrogen-bond acceptors (Lipinski definition) is 5. The van der Waals surface area contributed by atoms with E-state index in [4.69, 9.17) is 14.2 Å². The topological polar surface area (TPSA) is 94.1 Å². The van der Waals surface area contributed by atoms with Gasteiger partial charge < -0.3 is 24.6 Å². The fraction of sp³-hybridized carbons (Fsp3) is 0.440. The van der Waals surface area contributed by atoms with Crippen LogP contribution in [0.4, 0.5) is 4.39 Å². The minimum Gasteiger partial charge on any atom is -0.493 e. The average Bonchev–Trinajstić information content (AvgIpc) is 3.16. The zero-order valence-corrected chi connectivity index (χ0v) is 18.8. The quantitative estimate of drug-likeness (QED) is 0.550. The number of fused-ring (bicyclic) bond motifs is 1. The number of carboxylic acids is 1. The van der Waals surface area contributed by atoms with E-state index in [2.05, 4.69) is 5.32 Å². The third-order valence-corrected chi connectivity index (χ3v) is 6.78. The average molecular weight is 457 g/mol. The number of amides is 1. The standard InChI is InChI=1S/C25H28FNO6/c1-31-19-10-9-16(15-6-3-7-17-18(15)14-27-23(17)28)21(22(19)32-2)33-20(8-4-13-26)25(24(29)30)11-5-12-25/h3,6-7,9-10,20H,4-5,8,11-14H2,1-2H3,(H,27,28)(H,29,30). The molecule has 1 unspecified atom stereocenters. The molecule has 1 saturated carbocycles. The first kappa shape index (κ1) is 22.9. The van der Waals surface area contributed by atoms with Gasteiger partial charge in [-0.1, -0.05) is 18.6 Å². The number of halogens is 1. The molecular weight excluding hydrogens is 429 g/mol. The lowest BCUT2D eigenvalue weighted by atomic mass is 9.64. The van der Waals surface area contributed by atoms with Gasteiger partial charge in [0.2, 0.25) is 5.75 Å². The molecule has 1 heterocycles. The first-order valence-corrected chi connectivity index (χ1v) is 11.1. The Balaban J connectivity index is 1.86. The van der Waals surface area contributed by atoms with Gasteiger partial charge >= 0.3 is 5.97 Å². The van der Waals surface area contributed by atoms with Crippen molar-refractivity contribution in [2.24, 2.45) is 5.41 Å². The van der Waals surface area contributed by atoms with Crippen LogP contribution in [0.1, 0.15) is 48.0 Å². The van der Waals surface area contributed by atoms with Gasteiger partial charge in [0.1, 0.15) is 11.5 Å². The number of benzene rings is 2. The number of carbonyl (C=O) groups excluding carboxylic acids is 1. The number of ether oxygens (including phenoxy) is 3. The number of nitrogens with one attached hydrogen (secondary N) is 1.